The predicted molar refractivity (Wildman–Crippen MR) is 71.9 cm³/mol. The van der Waals surface area contributed by atoms with Crippen molar-refractivity contribution in [2.24, 2.45) is 5.92 Å². The van der Waals surface area contributed by atoms with E-state index in [4.69, 9.17) is 0 Å². The number of hydrogen-bond acceptors (Lipinski definition) is 2. The second kappa shape index (κ2) is 5.80. The van der Waals surface area contributed by atoms with Gasteiger partial charge in [0.1, 0.15) is 5.54 Å². The molecule has 0 aromatic heterocycles. The van der Waals surface area contributed by atoms with Crippen LogP contribution in [0.15, 0.2) is 0 Å². The summed E-state index contributed by atoms with van der Waals surface area (Å²) in [5.41, 5.74) is -1.06. The first-order valence-electron chi connectivity index (χ1n) is 7.38. The number of aliphatic carboxylic acids is 1. The first-order valence-corrected chi connectivity index (χ1v) is 7.38. The molecule has 2 aliphatic carbocycles. The van der Waals surface area contributed by atoms with Crippen LogP contribution in [0.25, 0.3) is 0 Å². The molecule has 3 N–H and O–H groups in total. The van der Waals surface area contributed by atoms with E-state index in [2.05, 4.69) is 17.6 Å². The van der Waals surface area contributed by atoms with E-state index in [1.165, 1.54) is 0 Å². The Hall–Kier alpha value is -1.26. The van der Waals surface area contributed by atoms with Crippen molar-refractivity contribution in [3.8, 4) is 0 Å². The van der Waals surface area contributed by atoms with Crippen molar-refractivity contribution in [1.82, 2.24) is 10.6 Å². The highest BCUT2D eigenvalue weighted by atomic mass is 16.4. The molecule has 2 fully saturated rings. The standard InChI is InChI=1S/C14H24N2O3/c1-2-10-6-8-14(9-7-10,12(17)18)16-13(19)15-11-4-3-5-11/h10-11H,2-9H2,1H3,(H,17,18)(H2,15,16,19). The molecule has 108 valence electrons. The molecule has 0 unspecified atom stereocenters. The van der Waals surface area contributed by atoms with Gasteiger partial charge in [0.2, 0.25) is 0 Å². The van der Waals surface area contributed by atoms with Gasteiger partial charge in [-0.05, 0) is 50.9 Å². The summed E-state index contributed by atoms with van der Waals surface area (Å²) in [6.45, 7) is 2.13. The van der Waals surface area contributed by atoms with Gasteiger partial charge in [-0.1, -0.05) is 13.3 Å². The van der Waals surface area contributed by atoms with Gasteiger partial charge in [-0.25, -0.2) is 9.59 Å². The smallest absolute Gasteiger partial charge is 0.329 e. The van der Waals surface area contributed by atoms with Crippen molar-refractivity contribution < 1.29 is 14.7 Å². The summed E-state index contributed by atoms with van der Waals surface area (Å²) in [7, 11) is 0. The summed E-state index contributed by atoms with van der Waals surface area (Å²) in [6, 6.07) is -0.0834. The third kappa shape index (κ3) is 3.19. The van der Waals surface area contributed by atoms with Crippen LogP contribution in [0.1, 0.15) is 58.3 Å². The molecule has 2 amide bonds. The number of amides is 2. The van der Waals surface area contributed by atoms with Crippen LogP contribution in [0.3, 0.4) is 0 Å². The fourth-order valence-electron chi connectivity index (χ4n) is 2.96. The van der Waals surface area contributed by atoms with E-state index in [-0.39, 0.29) is 12.1 Å². The van der Waals surface area contributed by atoms with Crippen molar-refractivity contribution in [3.05, 3.63) is 0 Å². The Morgan fingerprint density at radius 1 is 1.21 bits per heavy atom. The summed E-state index contributed by atoms with van der Waals surface area (Å²) < 4.78 is 0. The predicted octanol–water partition coefficient (Wildman–Crippen LogP) is 2.26. The van der Waals surface area contributed by atoms with E-state index in [0.717, 1.165) is 38.5 Å². The monoisotopic (exact) mass is 268 g/mol. The molecule has 19 heavy (non-hydrogen) atoms. The van der Waals surface area contributed by atoms with Gasteiger partial charge in [0, 0.05) is 6.04 Å². The van der Waals surface area contributed by atoms with Crippen LogP contribution in [-0.2, 0) is 4.79 Å². The van der Waals surface area contributed by atoms with Gasteiger partial charge in [0.15, 0.2) is 0 Å². The number of nitrogens with one attached hydrogen (secondary N) is 2. The van der Waals surface area contributed by atoms with Crippen LogP contribution < -0.4 is 10.6 Å². The number of carboxylic acid groups (broad SMARTS) is 1. The Balaban J connectivity index is 1.91. The maximum absolute atomic E-state index is 11.9. The molecule has 0 aromatic carbocycles. The minimum atomic E-state index is -1.06. The van der Waals surface area contributed by atoms with E-state index >= 15 is 0 Å². The summed E-state index contributed by atoms with van der Waals surface area (Å²) in [6.07, 6.45) is 7.09. The van der Waals surface area contributed by atoms with E-state index in [9.17, 15) is 14.7 Å². The molecule has 2 rings (SSSR count). The first-order chi connectivity index (χ1) is 9.05. The summed E-state index contributed by atoms with van der Waals surface area (Å²) in [4.78, 5) is 23.4. The number of carbonyl (C=O) groups is 2. The molecule has 2 aliphatic rings. The minimum Gasteiger partial charge on any atom is -0.480 e. The molecule has 0 atom stereocenters. The first kappa shape index (κ1) is 14.2. The van der Waals surface area contributed by atoms with Crippen molar-refractivity contribution in [2.45, 2.75) is 69.9 Å². The van der Waals surface area contributed by atoms with Crippen molar-refractivity contribution >= 4 is 12.0 Å². The fourth-order valence-corrected chi connectivity index (χ4v) is 2.96. The lowest BCUT2D eigenvalue weighted by Gasteiger charge is -2.38. The molecule has 5 nitrogen and oxygen atoms in total. The second-order valence-electron chi connectivity index (χ2n) is 5.97. The minimum absolute atomic E-state index is 0.234. The van der Waals surface area contributed by atoms with Crippen LogP contribution in [0.4, 0.5) is 4.79 Å². The van der Waals surface area contributed by atoms with Crippen molar-refractivity contribution in [2.75, 3.05) is 0 Å². The Morgan fingerprint density at radius 2 is 1.84 bits per heavy atom. The van der Waals surface area contributed by atoms with Gasteiger partial charge < -0.3 is 15.7 Å². The number of carboxylic acids is 1. The number of urea groups is 1. The van der Waals surface area contributed by atoms with Crippen molar-refractivity contribution in [3.63, 3.8) is 0 Å². The van der Waals surface area contributed by atoms with Gasteiger partial charge in [-0.2, -0.15) is 0 Å². The maximum atomic E-state index is 11.9. The third-order valence-corrected chi connectivity index (χ3v) is 4.74. The Labute approximate surface area is 114 Å². The maximum Gasteiger partial charge on any atom is 0.329 e. The topological polar surface area (TPSA) is 78.4 Å². The zero-order chi connectivity index (χ0) is 13.9. The highest BCUT2D eigenvalue weighted by molar-refractivity contribution is 5.86. The SMILES string of the molecule is CCC1CCC(NC(=O)NC2CCC2)(C(=O)O)CC1. The van der Waals surface area contributed by atoms with Crippen LogP contribution in [0, 0.1) is 5.92 Å². The fraction of sp³-hybridized carbons (Fsp3) is 0.857. The lowest BCUT2D eigenvalue weighted by molar-refractivity contribution is -0.146. The number of rotatable bonds is 4. The Kier molecular flexibility index (Phi) is 4.32. The Morgan fingerprint density at radius 3 is 2.26 bits per heavy atom. The summed E-state index contributed by atoms with van der Waals surface area (Å²) in [5, 5.41) is 15.0. The van der Waals surface area contributed by atoms with Crippen LogP contribution in [-0.4, -0.2) is 28.7 Å². The van der Waals surface area contributed by atoms with E-state index < -0.39 is 11.5 Å². The van der Waals surface area contributed by atoms with Crippen LogP contribution in [0.5, 0.6) is 0 Å². The zero-order valence-electron chi connectivity index (χ0n) is 11.6. The molecule has 0 spiro atoms. The lowest BCUT2D eigenvalue weighted by atomic mass is 9.75. The molecule has 0 bridgehead atoms. The van der Waals surface area contributed by atoms with Crippen LogP contribution in [0.2, 0.25) is 0 Å². The van der Waals surface area contributed by atoms with E-state index in [1.54, 1.807) is 0 Å². The molecule has 0 aromatic rings. The third-order valence-electron chi connectivity index (χ3n) is 4.74. The summed E-state index contributed by atoms with van der Waals surface area (Å²) >= 11 is 0. The largest absolute Gasteiger partial charge is 0.480 e. The van der Waals surface area contributed by atoms with E-state index in [1.807, 2.05) is 0 Å². The molecule has 0 heterocycles. The van der Waals surface area contributed by atoms with Gasteiger partial charge in [-0.3, -0.25) is 0 Å². The zero-order valence-corrected chi connectivity index (χ0v) is 11.6. The molecule has 5 heteroatoms. The molecular formula is C14H24N2O3. The quantitative estimate of drug-likeness (QED) is 0.731. The van der Waals surface area contributed by atoms with E-state index in [0.29, 0.717) is 18.8 Å². The molecule has 2 saturated carbocycles. The molecular weight excluding hydrogens is 244 g/mol. The number of carbonyl (C=O) groups excluding carboxylic acids is 1. The highest BCUT2D eigenvalue weighted by Gasteiger charge is 2.43. The van der Waals surface area contributed by atoms with Gasteiger partial charge in [-0.15, -0.1) is 0 Å². The Bertz CT molecular complexity index is 345. The average molecular weight is 268 g/mol. The van der Waals surface area contributed by atoms with Gasteiger partial charge in [0.25, 0.3) is 0 Å². The van der Waals surface area contributed by atoms with Gasteiger partial charge in [0.05, 0.1) is 0 Å². The molecule has 0 aliphatic heterocycles. The normalized spacial score (nSPS) is 31.3. The average Bonchev–Trinajstić information content (AvgIpc) is 2.34. The van der Waals surface area contributed by atoms with Crippen LogP contribution >= 0.6 is 0 Å². The van der Waals surface area contributed by atoms with Crippen molar-refractivity contribution in [1.29, 1.82) is 0 Å². The van der Waals surface area contributed by atoms with Gasteiger partial charge >= 0.3 is 12.0 Å². The lowest BCUT2D eigenvalue weighted by Crippen LogP contribution is -2.60. The molecule has 0 saturated heterocycles. The number of hydrogen-bond donors (Lipinski definition) is 3. The highest BCUT2D eigenvalue weighted by Crippen LogP contribution is 2.34. The summed E-state index contributed by atoms with van der Waals surface area (Å²) in [5.74, 6) is -0.296. The molecule has 0 radical (unpaired) electrons. The second-order valence-corrected chi connectivity index (χ2v) is 5.97.